The van der Waals surface area contributed by atoms with Crippen molar-refractivity contribution in [2.45, 2.75) is 33.4 Å². The third-order valence-electron chi connectivity index (χ3n) is 2.92. The molecule has 1 aromatic rings. The summed E-state index contributed by atoms with van der Waals surface area (Å²) in [5.74, 6) is 0.961. The zero-order valence-electron chi connectivity index (χ0n) is 11.3. The van der Waals surface area contributed by atoms with Gasteiger partial charge in [-0.15, -0.1) is 11.3 Å². The first-order chi connectivity index (χ1) is 8.19. The number of ether oxygens (including phenoxy) is 1. The second-order valence-corrected chi connectivity index (χ2v) is 5.22. The zero-order chi connectivity index (χ0) is 12.7. The van der Waals surface area contributed by atoms with E-state index in [1.807, 2.05) is 5.38 Å². The Bertz CT molecular complexity index is 310. The van der Waals surface area contributed by atoms with Crippen LogP contribution in [0.5, 0.6) is 5.75 Å². The molecule has 4 heteroatoms. The van der Waals surface area contributed by atoms with E-state index in [4.69, 9.17) is 4.74 Å². The molecule has 0 fully saturated rings. The van der Waals surface area contributed by atoms with Gasteiger partial charge in [-0.05, 0) is 26.1 Å². The Morgan fingerprint density at radius 2 is 2.12 bits per heavy atom. The van der Waals surface area contributed by atoms with Crippen LogP contribution in [0.3, 0.4) is 0 Å². The fourth-order valence-electron chi connectivity index (χ4n) is 1.77. The number of nitrogens with zero attached hydrogens (tertiary/aromatic N) is 1. The van der Waals surface area contributed by atoms with Gasteiger partial charge in [0.15, 0.2) is 0 Å². The van der Waals surface area contributed by atoms with Crippen LogP contribution in [0, 0.1) is 0 Å². The molecule has 17 heavy (non-hydrogen) atoms. The highest BCUT2D eigenvalue weighted by Gasteiger charge is 2.07. The molecule has 1 aromatic heterocycles. The standard InChI is InChI=1S/C13H24N2OS/c1-5-15(6-2)9-11(3)14-8-13-7-12(16-4)10-17-13/h7,10-11,14H,5-6,8-9H2,1-4H3. The summed E-state index contributed by atoms with van der Waals surface area (Å²) >= 11 is 1.75. The molecule has 0 aromatic carbocycles. The van der Waals surface area contributed by atoms with Gasteiger partial charge in [0.2, 0.25) is 0 Å². The Morgan fingerprint density at radius 3 is 2.65 bits per heavy atom. The number of thiophene rings is 1. The minimum Gasteiger partial charge on any atom is -0.496 e. The van der Waals surface area contributed by atoms with Crippen LogP contribution in [-0.4, -0.2) is 37.7 Å². The highest BCUT2D eigenvalue weighted by atomic mass is 32.1. The summed E-state index contributed by atoms with van der Waals surface area (Å²) in [5, 5.41) is 5.60. The van der Waals surface area contributed by atoms with Crippen LogP contribution in [-0.2, 0) is 6.54 Å². The van der Waals surface area contributed by atoms with Gasteiger partial charge in [0.1, 0.15) is 5.75 Å². The van der Waals surface area contributed by atoms with Crippen molar-refractivity contribution in [2.75, 3.05) is 26.7 Å². The summed E-state index contributed by atoms with van der Waals surface area (Å²) in [5.41, 5.74) is 0. The smallest absolute Gasteiger partial charge is 0.129 e. The van der Waals surface area contributed by atoms with Crippen molar-refractivity contribution in [1.29, 1.82) is 0 Å². The maximum atomic E-state index is 5.18. The lowest BCUT2D eigenvalue weighted by atomic mass is 10.3. The lowest BCUT2D eigenvalue weighted by Crippen LogP contribution is -2.38. The number of methoxy groups -OCH3 is 1. The van der Waals surface area contributed by atoms with Gasteiger partial charge in [0.25, 0.3) is 0 Å². The third-order valence-corrected chi connectivity index (χ3v) is 3.83. The van der Waals surface area contributed by atoms with Crippen molar-refractivity contribution in [1.82, 2.24) is 10.2 Å². The van der Waals surface area contributed by atoms with Crippen LogP contribution in [0.2, 0.25) is 0 Å². The molecule has 0 aliphatic rings. The number of hydrogen-bond acceptors (Lipinski definition) is 4. The van der Waals surface area contributed by atoms with E-state index in [0.717, 1.165) is 31.9 Å². The van der Waals surface area contributed by atoms with Crippen LogP contribution < -0.4 is 10.1 Å². The topological polar surface area (TPSA) is 24.5 Å². The first-order valence-electron chi connectivity index (χ1n) is 6.26. The molecule has 1 atom stereocenters. The van der Waals surface area contributed by atoms with Crippen molar-refractivity contribution in [3.63, 3.8) is 0 Å². The highest BCUT2D eigenvalue weighted by Crippen LogP contribution is 2.20. The van der Waals surface area contributed by atoms with Gasteiger partial charge >= 0.3 is 0 Å². The minimum absolute atomic E-state index is 0.517. The molecular formula is C13H24N2OS. The molecule has 1 N–H and O–H groups in total. The molecule has 0 aliphatic heterocycles. The molecule has 0 saturated carbocycles. The van der Waals surface area contributed by atoms with E-state index in [9.17, 15) is 0 Å². The predicted octanol–water partition coefficient (Wildman–Crippen LogP) is 2.58. The second-order valence-electron chi connectivity index (χ2n) is 4.22. The lowest BCUT2D eigenvalue weighted by Gasteiger charge is -2.23. The molecule has 1 unspecified atom stereocenters. The molecule has 98 valence electrons. The number of nitrogens with one attached hydrogen (secondary N) is 1. The van der Waals surface area contributed by atoms with Crippen molar-refractivity contribution in [3.05, 3.63) is 16.3 Å². The van der Waals surface area contributed by atoms with Crippen LogP contribution in [0.25, 0.3) is 0 Å². The van der Waals surface area contributed by atoms with E-state index in [1.54, 1.807) is 18.4 Å². The van der Waals surface area contributed by atoms with Crippen LogP contribution >= 0.6 is 11.3 Å². The fraction of sp³-hybridized carbons (Fsp3) is 0.692. The summed E-state index contributed by atoms with van der Waals surface area (Å²) in [6, 6.07) is 2.62. The van der Waals surface area contributed by atoms with Crippen LogP contribution in [0.1, 0.15) is 25.6 Å². The Labute approximate surface area is 109 Å². The van der Waals surface area contributed by atoms with E-state index in [-0.39, 0.29) is 0 Å². The molecule has 0 saturated heterocycles. The maximum Gasteiger partial charge on any atom is 0.129 e. The average molecular weight is 256 g/mol. The quantitative estimate of drug-likeness (QED) is 0.773. The van der Waals surface area contributed by atoms with Crippen LogP contribution in [0.15, 0.2) is 11.4 Å². The van der Waals surface area contributed by atoms with Gasteiger partial charge in [-0.3, -0.25) is 0 Å². The van der Waals surface area contributed by atoms with E-state index < -0.39 is 0 Å². The Hall–Kier alpha value is -0.580. The van der Waals surface area contributed by atoms with Gasteiger partial charge in [-0.25, -0.2) is 0 Å². The van der Waals surface area contributed by atoms with Crippen LogP contribution in [0.4, 0.5) is 0 Å². The summed E-state index contributed by atoms with van der Waals surface area (Å²) in [6.45, 7) is 10.9. The summed E-state index contributed by atoms with van der Waals surface area (Å²) in [4.78, 5) is 3.76. The molecule has 0 radical (unpaired) electrons. The van der Waals surface area contributed by atoms with Gasteiger partial charge < -0.3 is 15.0 Å². The highest BCUT2D eigenvalue weighted by molar-refractivity contribution is 7.10. The molecule has 0 amide bonds. The van der Waals surface area contributed by atoms with Crippen molar-refractivity contribution >= 4 is 11.3 Å². The van der Waals surface area contributed by atoms with Gasteiger partial charge in [-0.1, -0.05) is 13.8 Å². The van der Waals surface area contributed by atoms with Gasteiger partial charge in [0, 0.05) is 29.4 Å². The molecule has 0 aliphatic carbocycles. The van der Waals surface area contributed by atoms with E-state index in [2.05, 4.69) is 37.1 Å². The molecular weight excluding hydrogens is 232 g/mol. The van der Waals surface area contributed by atoms with Crippen molar-refractivity contribution in [3.8, 4) is 5.75 Å². The monoisotopic (exact) mass is 256 g/mol. The molecule has 1 heterocycles. The molecule has 1 rings (SSSR count). The Balaban J connectivity index is 2.29. The summed E-state index contributed by atoms with van der Waals surface area (Å²) in [7, 11) is 1.71. The van der Waals surface area contributed by atoms with Gasteiger partial charge in [-0.2, -0.15) is 0 Å². The fourth-order valence-corrected chi connectivity index (χ4v) is 2.55. The lowest BCUT2D eigenvalue weighted by molar-refractivity contribution is 0.271. The Morgan fingerprint density at radius 1 is 1.41 bits per heavy atom. The normalized spacial score (nSPS) is 13.0. The zero-order valence-corrected chi connectivity index (χ0v) is 12.1. The molecule has 3 nitrogen and oxygen atoms in total. The largest absolute Gasteiger partial charge is 0.496 e. The van der Waals surface area contributed by atoms with E-state index in [0.29, 0.717) is 6.04 Å². The van der Waals surface area contributed by atoms with Crippen molar-refractivity contribution < 1.29 is 4.74 Å². The average Bonchev–Trinajstić information content (AvgIpc) is 2.81. The second kappa shape index (κ2) is 7.69. The SMILES string of the molecule is CCN(CC)CC(C)NCc1cc(OC)cs1. The first kappa shape index (κ1) is 14.5. The minimum atomic E-state index is 0.517. The third kappa shape index (κ3) is 5.06. The Kier molecular flexibility index (Phi) is 6.55. The van der Waals surface area contributed by atoms with E-state index in [1.165, 1.54) is 4.88 Å². The number of rotatable bonds is 8. The molecule has 0 spiro atoms. The summed E-state index contributed by atoms with van der Waals surface area (Å²) in [6.07, 6.45) is 0. The number of hydrogen-bond donors (Lipinski definition) is 1. The first-order valence-corrected chi connectivity index (χ1v) is 7.14. The maximum absolute atomic E-state index is 5.18. The van der Waals surface area contributed by atoms with Gasteiger partial charge in [0.05, 0.1) is 7.11 Å². The predicted molar refractivity (Wildman–Crippen MR) is 75.0 cm³/mol. The molecule has 0 bridgehead atoms. The van der Waals surface area contributed by atoms with E-state index >= 15 is 0 Å². The van der Waals surface area contributed by atoms with Crippen molar-refractivity contribution in [2.24, 2.45) is 0 Å². The summed E-state index contributed by atoms with van der Waals surface area (Å²) < 4.78 is 5.18. The number of likely N-dealkylation sites (N-methyl/N-ethyl adjacent to an activating group) is 1.